The van der Waals surface area contributed by atoms with E-state index in [2.05, 4.69) is 25.4 Å². The molecule has 0 aromatic carbocycles. The Hall–Kier alpha value is -3.31. The summed E-state index contributed by atoms with van der Waals surface area (Å²) < 4.78 is 56.3. The fourth-order valence-corrected chi connectivity index (χ4v) is 2.60. The SMILES string of the molecule is COc1cc(OC)n2nc(NCCc3c(C(F)(F)F)ccnc3OC)nc2n1. The number of fused-ring (bicyclic) bond motifs is 1. The fourth-order valence-electron chi connectivity index (χ4n) is 2.60. The smallest absolute Gasteiger partial charge is 0.416 e. The van der Waals surface area contributed by atoms with Crippen molar-refractivity contribution in [3.63, 3.8) is 0 Å². The van der Waals surface area contributed by atoms with Crippen LogP contribution in [0.2, 0.25) is 0 Å². The van der Waals surface area contributed by atoms with E-state index in [1.54, 1.807) is 0 Å². The van der Waals surface area contributed by atoms with E-state index in [1.165, 1.54) is 31.9 Å². The number of methoxy groups -OCH3 is 3. The number of rotatable bonds is 7. The van der Waals surface area contributed by atoms with Crippen molar-refractivity contribution in [2.24, 2.45) is 0 Å². The molecule has 3 heterocycles. The van der Waals surface area contributed by atoms with Crippen molar-refractivity contribution in [1.29, 1.82) is 0 Å². The van der Waals surface area contributed by atoms with Gasteiger partial charge < -0.3 is 19.5 Å². The van der Waals surface area contributed by atoms with Gasteiger partial charge in [-0.1, -0.05) is 0 Å². The summed E-state index contributed by atoms with van der Waals surface area (Å²) in [5, 5.41) is 7.06. The van der Waals surface area contributed by atoms with Crippen molar-refractivity contribution in [3.05, 3.63) is 29.5 Å². The zero-order valence-corrected chi connectivity index (χ0v) is 15.2. The highest BCUT2D eigenvalue weighted by Crippen LogP contribution is 2.35. The Kier molecular flexibility index (Phi) is 5.38. The minimum Gasteiger partial charge on any atom is -0.481 e. The van der Waals surface area contributed by atoms with E-state index in [0.717, 1.165) is 12.3 Å². The van der Waals surface area contributed by atoms with E-state index < -0.39 is 11.7 Å². The van der Waals surface area contributed by atoms with Crippen molar-refractivity contribution in [2.45, 2.75) is 12.6 Å². The van der Waals surface area contributed by atoms with Crippen LogP contribution in [0.25, 0.3) is 5.78 Å². The van der Waals surface area contributed by atoms with Gasteiger partial charge in [-0.2, -0.15) is 27.7 Å². The monoisotopic (exact) mass is 398 g/mol. The maximum atomic E-state index is 13.2. The second-order valence-electron chi connectivity index (χ2n) is 5.51. The van der Waals surface area contributed by atoms with E-state index >= 15 is 0 Å². The largest absolute Gasteiger partial charge is 0.481 e. The molecule has 0 spiro atoms. The third-order valence-corrected chi connectivity index (χ3v) is 3.85. The number of anilines is 1. The zero-order chi connectivity index (χ0) is 20.3. The number of alkyl halides is 3. The maximum Gasteiger partial charge on any atom is 0.416 e. The molecule has 0 saturated heterocycles. The number of nitrogens with zero attached hydrogens (tertiary/aromatic N) is 5. The molecule has 0 saturated carbocycles. The first-order valence-corrected chi connectivity index (χ1v) is 8.06. The fraction of sp³-hybridized carbons (Fsp3) is 0.375. The molecule has 0 bridgehead atoms. The van der Waals surface area contributed by atoms with Crippen LogP contribution < -0.4 is 19.5 Å². The number of ether oxygens (including phenoxy) is 3. The van der Waals surface area contributed by atoms with Crippen LogP contribution in [0.5, 0.6) is 17.6 Å². The number of hydrogen-bond acceptors (Lipinski definition) is 8. The Labute approximate surface area is 157 Å². The van der Waals surface area contributed by atoms with Gasteiger partial charge in [0.25, 0.3) is 5.78 Å². The molecular weight excluding hydrogens is 381 g/mol. The van der Waals surface area contributed by atoms with Crippen LogP contribution in [0.3, 0.4) is 0 Å². The van der Waals surface area contributed by atoms with E-state index in [9.17, 15) is 13.2 Å². The maximum absolute atomic E-state index is 13.2. The van der Waals surface area contributed by atoms with Crippen molar-refractivity contribution >= 4 is 11.7 Å². The Morgan fingerprint density at radius 3 is 2.54 bits per heavy atom. The van der Waals surface area contributed by atoms with E-state index in [4.69, 9.17) is 14.2 Å². The molecule has 0 fully saturated rings. The van der Waals surface area contributed by atoms with Gasteiger partial charge in [0.05, 0.1) is 33.0 Å². The second kappa shape index (κ2) is 7.74. The third kappa shape index (κ3) is 3.85. The number of hydrogen-bond donors (Lipinski definition) is 1. The van der Waals surface area contributed by atoms with Crippen molar-refractivity contribution < 1.29 is 27.4 Å². The molecule has 0 atom stereocenters. The summed E-state index contributed by atoms with van der Waals surface area (Å²) >= 11 is 0. The summed E-state index contributed by atoms with van der Waals surface area (Å²) in [7, 11) is 4.18. The molecule has 28 heavy (non-hydrogen) atoms. The van der Waals surface area contributed by atoms with Crippen molar-refractivity contribution in [1.82, 2.24) is 24.6 Å². The standard InChI is InChI=1S/C16H17F3N6O3/c1-26-11-8-12(27-2)25-15(22-11)23-14(24-25)21-6-4-9-10(16(17,18)19)5-7-20-13(9)28-3/h5,7-8H,4,6H2,1-3H3,(H,21,24). The molecule has 12 heteroatoms. The predicted octanol–water partition coefficient (Wildman–Crippen LogP) is 2.22. The minimum atomic E-state index is -4.51. The highest BCUT2D eigenvalue weighted by atomic mass is 19.4. The third-order valence-electron chi connectivity index (χ3n) is 3.85. The molecular formula is C16H17F3N6O3. The summed E-state index contributed by atoms with van der Waals surface area (Å²) in [6, 6.07) is 2.45. The summed E-state index contributed by atoms with van der Waals surface area (Å²) in [6.07, 6.45) is -3.45. The van der Waals surface area contributed by atoms with Crippen LogP contribution in [0.4, 0.5) is 19.1 Å². The molecule has 0 aliphatic carbocycles. The molecule has 0 amide bonds. The van der Waals surface area contributed by atoms with Crippen LogP contribution in [0.15, 0.2) is 18.3 Å². The van der Waals surface area contributed by atoms with Gasteiger partial charge in [-0.05, 0) is 12.5 Å². The number of nitrogens with one attached hydrogen (secondary N) is 1. The van der Waals surface area contributed by atoms with Crippen LogP contribution >= 0.6 is 0 Å². The average Bonchev–Trinajstić information content (AvgIpc) is 3.09. The zero-order valence-electron chi connectivity index (χ0n) is 15.2. The van der Waals surface area contributed by atoms with Gasteiger partial charge >= 0.3 is 6.18 Å². The Morgan fingerprint density at radius 1 is 1.11 bits per heavy atom. The van der Waals surface area contributed by atoms with E-state index in [1.807, 2.05) is 0 Å². The van der Waals surface area contributed by atoms with Crippen LogP contribution in [-0.2, 0) is 12.6 Å². The number of aromatic nitrogens is 5. The minimum absolute atomic E-state index is 0.00467. The number of pyridine rings is 1. The lowest BCUT2D eigenvalue weighted by Crippen LogP contribution is -2.15. The van der Waals surface area contributed by atoms with Gasteiger partial charge in [-0.15, -0.1) is 5.10 Å². The first-order valence-electron chi connectivity index (χ1n) is 8.06. The molecule has 3 rings (SSSR count). The molecule has 0 aliphatic heterocycles. The number of halogens is 3. The lowest BCUT2D eigenvalue weighted by Gasteiger charge is -2.15. The van der Waals surface area contributed by atoms with Crippen molar-refractivity contribution in [2.75, 3.05) is 33.2 Å². The van der Waals surface area contributed by atoms with Gasteiger partial charge in [0.1, 0.15) is 0 Å². The molecule has 0 radical (unpaired) electrons. The first-order chi connectivity index (χ1) is 13.4. The van der Waals surface area contributed by atoms with Gasteiger partial charge in [-0.3, -0.25) is 0 Å². The van der Waals surface area contributed by atoms with Crippen LogP contribution in [0, 0.1) is 0 Å². The first kappa shape index (κ1) is 19.5. The molecule has 150 valence electrons. The summed E-state index contributed by atoms with van der Waals surface area (Å²) in [4.78, 5) is 12.2. The van der Waals surface area contributed by atoms with Gasteiger partial charge in [0.15, 0.2) is 0 Å². The summed E-state index contributed by atoms with van der Waals surface area (Å²) in [6.45, 7) is 0.113. The summed E-state index contributed by atoms with van der Waals surface area (Å²) in [5.41, 5.74) is -0.844. The van der Waals surface area contributed by atoms with E-state index in [0.29, 0.717) is 11.8 Å². The molecule has 9 nitrogen and oxygen atoms in total. The van der Waals surface area contributed by atoms with Crippen LogP contribution in [-0.4, -0.2) is 52.4 Å². The Morgan fingerprint density at radius 2 is 1.89 bits per heavy atom. The Balaban J connectivity index is 1.81. The topological polar surface area (TPSA) is 95.7 Å². The molecule has 3 aromatic rings. The molecule has 1 N–H and O–H groups in total. The average molecular weight is 398 g/mol. The highest BCUT2D eigenvalue weighted by molar-refractivity contribution is 5.43. The van der Waals surface area contributed by atoms with Gasteiger partial charge in [0, 0.05) is 18.3 Å². The van der Waals surface area contributed by atoms with E-state index in [-0.39, 0.29) is 36.1 Å². The normalized spacial score (nSPS) is 11.5. The molecule has 3 aromatic heterocycles. The quantitative estimate of drug-likeness (QED) is 0.647. The van der Waals surface area contributed by atoms with Gasteiger partial charge in [-0.25, -0.2) is 4.98 Å². The van der Waals surface area contributed by atoms with Gasteiger partial charge in [0.2, 0.25) is 23.6 Å². The second-order valence-corrected chi connectivity index (χ2v) is 5.51. The van der Waals surface area contributed by atoms with Crippen molar-refractivity contribution in [3.8, 4) is 17.6 Å². The predicted molar refractivity (Wildman–Crippen MR) is 91.9 cm³/mol. The lowest BCUT2D eigenvalue weighted by molar-refractivity contribution is -0.138. The molecule has 0 aliphatic rings. The highest BCUT2D eigenvalue weighted by Gasteiger charge is 2.34. The lowest BCUT2D eigenvalue weighted by atomic mass is 10.1. The Bertz CT molecular complexity index is 976. The molecule has 0 unspecified atom stereocenters. The summed E-state index contributed by atoms with van der Waals surface area (Å²) in [5.74, 6) is 0.950. The van der Waals surface area contributed by atoms with Crippen LogP contribution in [0.1, 0.15) is 11.1 Å².